The standard InChI is InChI=1S/C15H22N4S/c1-4-19-7-5-6-12(19)9-16-14-13-8-10(2)20-15(13)18-11(3)17-14/h8,12H,4-7,9H2,1-3H3,(H,16,17,18). The zero-order valence-corrected chi connectivity index (χ0v) is 13.3. The molecule has 1 atom stereocenters. The predicted octanol–water partition coefficient (Wildman–Crippen LogP) is 3.20. The second-order valence-electron chi connectivity index (χ2n) is 5.50. The summed E-state index contributed by atoms with van der Waals surface area (Å²) in [5.41, 5.74) is 0. The Morgan fingerprint density at radius 1 is 1.40 bits per heavy atom. The van der Waals surface area contributed by atoms with Gasteiger partial charge in [-0.05, 0) is 45.8 Å². The molecule has 108 valence electrons. The highest BCUT2D eigenvalue weighted by molar-refractivity contribution is 7.18. The molecule has 2 aromatic rings. The molecule has 0 aliphatic carbocycles. The minimum absolute atomic E-state index is 0.644. The number of fused-ring (bicyclic) bond motifs is 1. The topological polar surface area (TPSA) is 41.0 Å². The van der Waals surface area contributed by atoms with Crippen LogP contribution in [0.3, 0.4) is 0 Å². The fraction of sp³-hybridized carbons (Fsp3) is 0.600. The predicted molar refractivity (Wildman–Crippen MR) is 85.6 cm³/mol. The Bertz CT molecular complexity index is 607. The summed E-state index contributed by atoms with van der Waals surface area (Å²) in [7, 11) is 0. The Labute approximate surface area is 124 Å². The van der Waals surface area contributed by atoms with Gasteiger partial charge in [-0.15, -0.1) is 11.3 Å². The molecule has 1 aliphatic heterocycles. The molecule has 20 heavy (non-hydrogen) atoms. The van der Waals surface area contributed by atoms with Gasteiger partial charge in [-0.1, -0.05) is 6.92 Å². The van der Waals surface area contributed by atoms with E-state index in [0.29, 0.717) is 6.04 Å². The fourth-order valence-electron chi connectivity index (χ4n) is 3.04. The summed E-state index contributed by atoms with van der Waals surface area (Å²) < 4.78 is 0. The molecule has 0 radical (unpaired) electrons. The Hall–Kier alpha value is -1.20. The molecular formula is C15H22N4S. The van der Waals surface area contributed by atoms with Crippen LogP contribution in [0.5, 0.6) is 0 Å². The van der Waals surface area contributed by atoms with Crippen LogP contribution in [0.1, 0.15) is 30.5 Å². The van der Waals surface area contributed by atoms with Crippen molar-refractivity contribution in [2.75, 3.05) is 25.0 Å². The number of nitrogens with one attached hydrogen (secondary N) is 1. The molecule has 1 aliphatic rings. The molecule has 1 unspecified atom stereocenters. The highest BCUT2D eigenvalue weighted by Gasteiger charge is 2.23. The van der Waals surface area contributed by atoms with Crippen LogP contribution in [0, 0.1) is 13.8 Å². The Morgan fingerprint density at radius 2 is 2.25 bits per heavy atom. The number of hydrogen-bond acceptors (Lipinski definition) is 5. The third-order valence-corrected chi connectivity index (χ3v) is 4.98. The van der Waals surface area contributed by atoms with Crippen molar-refractivity contribution in [1.29, 1.82) is 0 Å². The van der Waals surface area contributed by atoms with Gasteiger partial charge < -0.3 is 5.32 Å². The first-order valence-corrected chi connectivity index (χ1v) is 8.21. The Balaban J connectivity index is 1.80. The van der Waals surface area contributed by atoms with Crippen LogP contribution in [0.25, 0.3) is 10.2 Å². The zero-order valence-electron chi connectivity index (χ0n) is 12.4. The molecule has 5 heteroatoms. The summed E-state index contributed by atoms with van der Waals surface area (Å²) in [5.74, 6) is 1.85. The van der Waals surface area contributed by atoms with Crippen LogP contribution < -0.4 is 5.32 Å². The van der Waals surface area contributed by atoms with Crippen LogP contribution in [0.2, 0.25) is 0 Å². The van der Waals surface area contributed by atoms with Crippen LogP contribution in [0.15, 0.2) is 6.07 Å². The van der Waals surface area contributed by atoms with Crippen LogP contribution in [-0.2, 0) is 0 Å². The van der Waals surface area contributed by atoms with Crippen molar-refractivity contribution in [3.8, 4) is 0 Å². The second-order valence-corrected chi connectivity index (χ2v) is 6.74. The average Bonchev–Trinajstić information content (AvgIpc) is 3.00. The lowest BCUT2D eigenvalue weighted by Gasteiger charge is -2.23. The van der Waals surface area contributed by atoms with Crippen molar-refractivity contribution in [2.45, 2.75) is 39.7 Å². The third kappa shape index (κ3) is 2.65. The van der Waals surface area contributed by atoms with Gasteiger partial charge in [0.05, 0.1) is 5.39 Å². The number of anilines is 1. The summed E-state index contributed by atoms with van der Waals surface area (Å²) in [4.78, 5) is 14.1. The van der Waals surface area contributed by atoms with Gasteiger partial charge in [-0.2, -0.15) is 0 Å². The first kappa shape index (κ1) is 13.8. The molecule has 3 heterocycles. The number of likely N-dealkylation sites (N-methyl/N-ethyl adjacent to an activating group) is 1. The maximum absolute atomic E-state index is 4.59. The van der Waals surface area contributed by atoms with Crippen LogP contribution in [0.4, 0.5) is 5.82 Å². The summed E-state index contributed by atoms with van der Waals surface area (Å²) in [5, 5.41) is 4.73. The molecule has 0 aromatic carbocycles. The molecular weight excluding hydrogens is 268 g/mol. The van der Waals surface area contributed by atoms with E-state index in [0.717, 1.165) is 29.6 Å². The summed E-state index contributed by atoms with van der Waals surface area (Å²) in [6, 6.07) is 2.83. The van der Waals surface area contributed by atoms with E-state index in [-0.39, 0.29) is 0 Å². The van der Waals surface area contributed by atoms with Gasteiger partial charge in [0.1, 0.15) is 16.5 Å². The zero-order chi connectivity index (χ0) is 14.1. The SMILES string of the molecule is CCN1CCCC1CNc1nc(C)nc2sc(C)cc12. The van der Waals surface area contributed by atoms with Crippen molar-refractivity contribution in [1.82, 2.24) is 14.9 Å². The van der Waals surface area contributed by atoms with E-state index in [1.807, 2.05) is 6.92 Å². The molecule has 4 nitrogen and oxygen atoms in total. The van der Waals surface area contributed by atoms with Crippen LogP contribution >= 0.6 is 11.3 Å². The van der Waals surface area contributed by atoms with Crippen molar-refractivity contribution in [3.05, 3.63) is 16.8 Å². The van der Waals surface area contributed by atoms with Crippen molar-refractivity contribution < 1.29 is 0 Å². The molecule has 0 saturated carbocycles. The Kier molecular flexibility index (Phi) is 3.89. The van der Waals surface area contributed by atoms with Gasteiger partial charge >= 0.3 is 0 Å². The van der Waals surface area contributed by atoms with E-state index in [2.05, 4.69) is 40.1 Å². The van der Waals surface area contributed by atoms with E-state index in [9.17, 15) is 0 Å². The first-order chi connectivity index (χ1) is 9.67. The molecule has 1 fully saturated rings. The number of nitrogens with zero attached hydrogens (tertiary/aromatic N) is 3. The lowest BCUT2D eigenvalue weighted by Crippen LogP contribution is -2.34. The quantitative estimate of drug-likeness (QED) is 0.939. The molecule has 2 aromatic heterocycles. The van der Waals surface area contributed by atoms with E-state index < -0.39 is 0 Å². The van der Waals surface area contributed by atoms with Gasteiger partial charge in [0, 0.05) is 17.5 Å². The minimum Gasteiger partial charge on any atom is -0.368 e. The fourth-order valence-corrected chi connectivity index (χ4v) is 3.97. The molecule has 0 amide bonds. The summed E-state index contributed by atoms with van der Waals surface area (Å²) in [6.45, 7) is 9.69. The molecule has 1 N–H and O–H groups in total. The average molecular weight is 290 g/mol. The normalized spacial score (nSPS) is 19.9. The first-order valence-electron chi connectivity index (χ1n) is 7.40. The number of aryl methyl sites for hydroxylation is 2. The number of thiophene rings is 1. The van der Waals surface area contributed by atoms with Crippen molar-refractivity contribution in [2.24, 2.45) is 0 Å². The van der Waals surface area contributed by atoms with Crippen molar-refractivity contribution in [3.63, 3.8) is 0 Å². The van der Waals surface area contributed by atoms with Gasteiger partial charge in [0.25, 0.3) is 0 Å². The number of aromatic nitrogens is 2. The highest BCUT2D eigenvalue weighted by Crippen LogP contribution is 2.28. The molecule has 1 saturated heterocycles. The number of hydrogen-bond donors (Lipinski definition) is 1. The van der Waals surface area contributed by atoms with Crippen molar-refractivity contribution >= 4 is 27.4 Å². The van der Waals surface area contributed by atoms with Gasteiger partial charge in [0.15, 0.2) is 0 Å². The molecule has 3 rings (SSSR count). The lowest BCUT2D eigenvalue weighted by molar-refractivity contribution is 0.277. The monoisotopic (exact) mass is 290 g/mol. The van der Waals surface area contributed by atoms with Gasteiger partial charge in [0.2, 0.25) is 0 Å². The van der Waals surface area contributed by atoms with E-state index in [1.54, 1.807) is 11.3 Å². The smallest absolute Gasteiger partial charge is 0.138 e. The van der Waals surface area contributed by atoms with E-state index in [1.165, 1.54) is 29.6 Å². The van der Waals surface area contributed by atoms with Gasteiger partial charge in [-0.25, -0.2) is 9.97 Å². The summed E-state index contributed by atoms with van der Waals surface area (Å²) in [6.07, 6.45) is 2.60. The maximum Gasteiger partial charge on any atom is 0.138 e. The van der Waals surface area contributed by atoms with E-state index in [4.69, 9.17) is 0 Å². The van der Waals surface area contributed by atoms with E-state index >= 15 is 0 Å². The van der Waals surface area contributed by atoms with Gasteiger partial charge in [-0.3, -0.25) is 4.90 Å². The third-order valence-electron chi connectivity index (χ3n) is 4.04. The van der Waals surface area contributed by atoms with Crippen LogP contribution in [-0.4, -0.2) is 40.5 Å². The lowest BCUT2D eigenvalue weighted by atomic mass is 10.2. The minimum atomic E-state index is 0.644. The number of rotatable bonds is 4. The molecule has 0 spiro atoms. The second kappa shape index (κ2) is 5.66. The number of likely N-dealkylation sites (tertiary alicyclic amines) is 1. The highest BCUT2D eigenvalue weighted by atomic mass is 32.1. The largest absolute Gasteiger partial charge is 0.368 e. The maximum atomic E-state index is 4.59. The summed E-state index contributed by atoms with van der Waals surface area (Å²) >= 11 is 1.74. The Morgan fingerprint density at radius 3 is 3.05 bits per heavy atom. The molecule has 0 bridgehead atoms.